The number of nitrogens with zero attached hydrogens (tertiary/aromatic N) is 3. The number of hydrogen-bond donors (Lipinski definition) is 1. The molecule has 0 fully saturated rings. The molecule has 2 aromatic heterocycles. The molecule has 3 rings (SSSR count). The van der Waals surface area contributed by atoms with E-state index in [-0.39, 0.29) is 5.91 Å². The summed E-state index contributed by atoms with van der Waals surface area (Å²) in [6, 6.07) is 11.8. The number of rotatable bonds is 7. The molecule has 2 heterocycles. The van der Waals surface area contributed by atoms with Crippen LogP contribution in [0.25, 0.3) is 11.6 Å². The molecule has 7 heteroatoms. The van der Waals surface area contributed by atoms with E-state index in [0.717, 1.165) is 5.56 Å². The van der Waals surface area contributed by atoms with E-state index in [0.29, 0.717) is 35.6 Å². The number of nitrogens with one attached hydrogen (secondary N) is 1. The second-order valence-electron chi connectivity index (χ2n) is 5.58. The summed E-state index contributed by atoms with van der Waals surface area (Å²) in [6.07, 6.45) is 1.61. The minimum Gasteiger partial charge on any atom is -0.461 e. The van der Waals surface area contributed by atoms with Gasteiger partial charge < -0.3 is 9.73 Å². The lowest BCUT2D eigenvalue weighted by Gasteiger charge is -2.07. The molecular formula is C18H20N4O2S. The van der Waals surface area contributed by atoms with Gasteiger partial charge in [0.25, 0.3) is 0 Å². The van der Waals surface area contributed by atoms with E-state index in [1.165, 1.54) is 17.3 Å². The van der Waals surface area contributed by atoms with Crippen molar-refractivity contribution in [1.82, 2.24) is 20.1 Å². The van der Waals surface area contributed by atoms with Crippen molar-refractivity contribution in [3.63, 3.8) is 0 Å². The molecule has 0 unspecified atom stereocenters. The Kier molecular flexibility index (Phi) is 5.55. The molecule has 0 radical (unpaired) electrons. The monoisotopic (exact) mass is 356 g/mol. The molecule has 1 amide bonds. The van der Waals surface area contributed by atoms with Crippen molar-refractivity contribution in [2.24, 2.45) is 0 Å². The summed E-state index contributed by atoms with van der Waals surface area (Å²) >= 11 is 1.37. The summed E-state index contributed by atoms with van der Waals surface area (Å²) in [7, 11) is 0. The summed E-state index contributed by atoms with van der Waals surface area (Å²) in [4.78, 5) is 12.1. The zero-order chi connectivity index (χ0) is 17.6. The highest BCUT2D eigenvalue weighted by atomic mass is 32.2. The number of amides is 1. The molecule has 0 spiro atoms. The van der Waals surface area contributed by atoms with Gasteiger partial charge in [0.2, 0.25) is 5.91 Å². The molecule has 0 aliphatic rings. The second kappa shape index (κ2) is 8.02. The molecule has 130 valence electrons. The number of aryl methyl sites for hydroxylation is 1. The van der Waals surface area contributed by atoms with Crippen molar-refractivity contribution < 1.29 is 9.21 Å². The number of carbonyl (C=O) groups is 1. The van der Waals surface area contributed by atoms with Crippen LogP contribution in [0.15, 0.2) is 52.2 Å². The number of benzene rings is 1. The van der Waals surface area contributed by atoms with Crippen molar-refractivity contribution >= 4 is 17.7 Å². The average molecular weight is 356 g/mol. The minimum absolute atomic E-state index is 0.0308. The second-order valence-corrected chi connectivity index (χ2v) is 6.52. The molecule has 0 bridgehead atoms. The van der Waals surface area contributed by atoms with E-state index in [1.54, 1.807) is 6.26 Å². The lowest BCUT2D eigenvalue weighted by Crippen LogP contribution is -2.24. The van der Waals surface area contributed by atoms with Crippen LogP contribution in [0.5, 0.6) is 0 Å². The van der Waals surface area contributed by atoms with Crippen molar-refractivity contribution in [3.8, 4) is 11.6 Å². The third kappa shape index (κ3) is 4.30. The molecule has 25 heavy (non-hydrogen) atoms. The molecule has 0 saturated heterocycles. The quantitative estimate of drug-likeness (QED) is 0.658. The number of hydrogen-bond acceptors (Lipinski definition) is 5. The molecular weight excluding hydrogens is 336 g/mol. The summed E-state index contributed by atoms with van der Waals surface area (Å²) < 4.78 is 7.33. The normalized spacial score (nSPS) is 10.8. The first kappa shape index (κ1) is 17.3. The van der Waals surface area contributed by atoms with Gasteiger partial charge in [-0.3, -0.25) is 9.36 Å². The van der Waals surface area contributed by atoms with Crippen LogP contribution < -0.4 is 5.32 Å². The Morgan fingerprint density at radius 3 is 2.88 bits per heavy atom. The Morgan fingerprint density at radius 1 is 1.28 bits per heavy atom. The fourth-order valence-corrected chi connectivity index (χ4v) is 3.30. The summed E-state index contributed by atoms with van der Waals surface area (Å²) in [5.74, 6) is 1.61. The highest BCUT2D eigenvalue weighted by molar-refractivity contribution is 7.99. The van der Waals surface area contributed by atoms with E-state index in [9.17, 15) is 4.79 Å². The van der Waals surface area contributed by atoms with Gasteiger partial charge in [0.05, 0.1) is 12.0 Å². The van der Waals surface area contributed by atoms with Gasteiger partial charge in [-0.1, -0.05) is 41.6 Å². The summed E-state index contributed by atoms with van der Waals surface area (Å²) in [6.45, 7) is 5.28. The van der Waals surface area contributed by atoms with E-state index < -0.39 is 0 Å². The lowest BCUT2D eigenvalue weighted by molar-refractivity contribution is -0.118. The number of thioether (sulfide) groups is 1. The zero-order valence-corrected chi connectivity index (χ0v) is 15.0. The van der Waals surface area contributed by atoms with Crippen LogP contribution in [-0.4, -0.2) is 26.4 Å². The molecule has 3 aromatic rings. The number of aromatic nitrogens is 3. The fourth-order valence-electron chi connectivity index (χ4n) is 2.47. The van der Waals surface area contributed by atoms with Gasteiger partial charge in [0.1, 0.15) is 0 Å². The maximum Gasteiger partial charge on any atom is 0.230 e. The van der Waals surface area contributed by atoms with Crippen molar-refractivity contribution in [1.29, 1.82) is 0 Å². The first-order valence-corrected chi connectivity index (χ1v) is 9.08. The van der Waals surface area contributed by atoms with E-state index in [2.05, 4.69) is 21.6 Å². The zero-order valence-electron chi connectivity index (χ0n) is 14.2. The van der Waals surface area contributed by atoms with Crippen LogP contribution in [0, 0.1) is 6.92 Å². The Bertz CT molecular complexity index is 843. The Hall–Kier alpha value is -2.54. The SMILES string of the molecule is CCn1c(SCC(=O)NCc2cccc(C)c2)nnc1-c1ccco1. The summed E-state index contributed by atoms with van der Waals surface area (Å²) in [5.41, 5.74) is 2.28. The number of carbonyl (C=O) groups excluding carboxylic acids is 1. The third-order valence-corrected chi connectivity index (χ3v) is 4.65. The Balaban J connectivity index is 1.57. The van der Waals surface area contributed by atoms with E-state index >= 15 is 0 Å². The van der Waals surface area contributed by atoms with Crippen molar-refractivity contribution in [2.45, 2.75) is 32.1 Å². The smallest absolute Gasteiger partial charge is 0.230 e. The van der Waals surface area contributed by atoms with Crippen LogP contribution >= 0.6 is 11.8 Å². The third-order valence-electron chi connectivity index (χ3n) is 3.68. The van der Waals surface area contributed by atoms with Gasteiger partial charge in [0, 0.05) is 13.1 Å². The standard InChI is InChI=1S/C18H20N4O2S/c1-3-22-17(15-8-5-9-24-15)20-21-18(22)25-12-16(23)19-11-14-7-4-6-13(2)10-14/h4-10H,3,11-12H2,1-2H3,(H,19,23). The average Bonchev–Trinajstić information content (AvgIpc) is 3.27. The van der Waals surface area contributed by atoms with Gasteiger partial charge in [-0.15, -0.1) is 10.2 Å². The van der Waals surface area contributed by atoms with Gasteiger partial charge in [-0.2, -0.15) is 0 Å². The summed E-state index contributed by atoms with van der Waals surface area (Å²) in [5, 5.41) is 12.0. The van der Waals surface area contributed by atoms with Gasteiger partial charge >= 0.3 is 0 Å². The minimum atomic E-state index is -0.0308. The molecule has 0 aliphatic heterocycles. The van der Waals surface area contributed by atoms with Crippen LogP contribution in [0.4, 0.5) is 0 Å². The topological polar surface area (TPSA) is 73.0 Å². The van der Waals surface area contributed by atoms with E-state index in [1.807, 2.05) is 48.7 Å². The van der Waals surface area contributed by atoms with Gasteiger partial charge in [-0.05, 0) is 31.5 Å². The molecule has 0 saturated carbocycles. The van der Waals surface area contributed by atoms with Gasteiger partial charge in [-0.25, -0.2) is 0 Å². The van der Waals surface area contributed by atoms with Crippen LogP contribution in [0.1, 0.15) is 18.1 Å². The van der Waals surface area contributed by atoms with E-state index in [4.69, 9.17) is 4.42 Å². The van der Waals surface area contributed by atoms with Gasteiger partial charge in [0.15, 0.2) is 16.7 Å². The predicted octanol–water partition coefficient (Wildman–Crippen LogP) is 3.27. The predicted molar refractivity (Wildman–Crippen MR) is 97.1 cm³/mol. The van der Waals surface area contributed by atoms with Crippen LogP contribution in [0.2, 0.25) is 0 Å². The Morgan fingerprint density at radius 2 is 2.16 bits per heavy atom. The maximum absolute atomic E-state index is 12.1. The van der Waals surface area contributed by atoms with Crippen molar-refractivity contribution in [2.75, 3.05) is 5.75 Å². The maximum atomic E-state index is 12.1. The Labute approximate surface area is 150 Å². The molecule has 1 aromatic carbocycles. The highest BCUT2D eigenvalue weighted by Gasteiger charge is 2.16. The first-order chi connectivity index (χ1) is 12.2. The molecule has 0 aliphatic carbocycles. The van der Waals surface area contributed by atoms with Crippen LogP contribution in [-0.2, 0) is 17.9 Å². The lowest BCUT2D eigenvalue weighted by atomic mass is 10.1. The fraction of sp³-hybridized carbons (Fsp3) is 0.278. The van der Waals surface area contributed by atoms with Crippen molar-refractivity contribution in [3.05, 3.63) is 53.8 Å². The molecule has 6 nitrogen and oxygen atoms in total. The number of furan rings is 1. The highest BCUT2D eigenvalue weighted by Crippen LogP contribution is 2.24. The van der Waals surface area contributed by atoms with Crippen LogP contribution in [0.3, 0.4) is 0 Å². The molecule has 0 atom stereocenters. The molecule has 1 N–H and O–H groups in total. The largest absolute Gasteiger partial charge is 0.461 e. The first-order valence-electron chi connectivity index (χ1n) is 8.09.